The van der Waals surface area contributed by atoms with Gasteiger partial charge in [-0.25, -0.2) is 8.42 Å². The topological polar surface area (TPSA) is 116 Å². The molecule has 1 aromatic carbocycles. The Morgan fingerprint density at radius 3 is 2.81 bits per heavy atom. The maximum absolute atomic E-state index is 13.6. The third-order valence-electron chi connectivity index (χ3n) is 3.12. The summed E-state index contributed by atoms with van der Waals surface area (Å²) in [6, 6.07) is 2.51. The van der Waals surface area contributed by atoms with E-state index >= 15 is 0 Å². The van der Waals surface area contributed by atoms with Crippen molar-refractivity contribution in [3.63, 3.8) is 0 Å². The van der Waals surface area contributed by atoms with Gasteiger partial charge >= 0.3 is 5.69 Å². The first-order chi connectivity index (χ1) is 9.86. The van der Waals surface area contributed by atoms with Gasteiger partial charge in [0.1, 0.15) is 0 Å². The molecule has 1 unspecified atom stereocenters. The maximum atomic E-state index is 13.6. The Bertz CT molecular complexity index is 651. The number of ether oxygens (including phenoxy) is 1. The molecule has 2 N–H and O–H groups in total. The molecule has 1 aromatic rings. The van der Waals surface area contributed by atoms with Gasteiger partial charge in [0.2, 0.25) is 15.8 Å². The summed E-state index contributed by atoms with van der Waals surface area (Å²) in [5.41, 5.74) is 4.68. The third kappa shape index (κ3) is 3.18. The van der Waals surface area contributed by atoms with Crippen molar-refractivity contribution in [3.8, 4) is 0 Å². The third-order valence-corrected chi connectivity index (χ3v) is 4.98. The highest BCUT2D eigenvalue weighted by Crippen LogP contribution is 2.24. The van der Waals surface area contributed by atoms with Gasteiger partial charge in [0, 0.05) is 31.8 Å². The van der Waals surface area contributed by atoms with Gasteiger partial charge in [-0.05, 0) is 6.07 Å². The summed E-state index contributed by atoms with van der Waals surface area (Å²) >= 11 is 0. The average Bonchev–Trinajstić information content (AvgIpc) is 2.46. The number of nitrogens with zero attached hydrogens (tertiary/aromatic N) is 2. The monoisotopic (exact) mass is 319 g/mol. The van der Waals surface area contributed by atoms with Crippen LogP contribution in [0.2, 0.25) is 0 Å². The summed E-state index contributed by atoms with van der Waals surface area (Å²) in [6.45, 7) is 0.548. The minimum Gasteiger partial charge on any atom is -0.374 e. The van der Waals surface area contributed by atoms with Gasteiger partial charge in [0.25, 0.3) is 0 Å². The molecule has 0 aromatic heterocycles. The minimum absolute atomic E-state index is 0.0669. The first kappa shape index (κ1) is 15.8. The van der Waals surface area contributed by atoms with Crippen LogP contribution < -0.4 is 5.73 Å². The quantitative estimate of drug-likeness (QED) is 0.621. The largest absolute Gasteiger partial charge is 0.374 e. The van der Waals surface area contributed by atoms with Crippen molar-refractivity contribution in [2.45, 2.75) is 11.0 Å². The molecule has 1 atom stereocenters. The Kier molecular flexibility index (Phi) is 4.52. The van der Waals surface area contributed by atoms with Crippen LogP contribution in [-0.4, -0.2) is 50.0 Å². The molecule has 21 heavy (non-hydrogen) atoms. The Morgan fingerprint density at radius 2 is 2.24 bits per heavy atom. The second kappa shape index (κ2) is 6.02. The first-order valence-electron chi connectivity index (χ1n) is 6.12. The molecule has 1 heterocycles. The average molecular weight is 319 g/mol. The number of morpholine rings is 1. The molecule has 1 saturated heterocycles. The fourth-order valence-corrected chi connectivity index (χ4v) is 3.47. The summed E-state index contributed by atoms with van der Waals surface area (Å²) in [6.07, 6.45) is -0.420. The number of nitro groups is 1. The molecule has 0 saturated carbocycles. The van der Waals surface area contributed by atoms with Crippen molar-refractivity contribution < 1.29 is 22.5 Å². The van der Waals surface area contributed by atoms with Gasteiger partial charge in [0.05, 0.1) is 22.5 Å². The zero-order valence-electron chi connectivity index (χ0n) is 10.9. The first-order valence-corrected chi connectivity index (χ1v) is 7.56. The number of halogens is 1. The molecule has 0 bridgehead atoms. The number of rotatable bonds is 4. The Hall–Kier alpha value is -1.62. The zero-order valence-corrected chi connectivity index (χ0v) is 11.8. The molecule has 0 spiro atoms. The minimum atomic E-state index is -3.93. The molecule has 0 amide bonds. The van der Waals surface area contributed by atoms with Crippen LogP contribution in [-0.2, 0) is 14.8 Å². The zero-order chi connectivity index (χ0) is 15.6. The Balaban J connectivity index is 2.31. The lowest BCUT2D eigenvalue weighted by molar-refractivity contribution is -0.387. The highest BCUT2D eigenvalue weighted by molar-refractivity contribution is 7.89. The van der Waals surface area contributed by atoms with Gasteiger partial charge in [-0.15, -0.1) is 0 Å². The van der Waals surface area contributed by atoms with Gasteiger partial charge in [-0.1, -0.05) is 0 Å². The Labute approximate surface area is 120 Å². The van der Waals surface area contributed by atoms with Gasteiger partial charge in [0.15, 0.2) is 0 Å². The van der Waals surface area contributed by atoms with Crippen LogP contribution in [0.3, 0.4) is 0 Å². The van der Waals surface area contributed by atoms with Crippen molar-refractivity contribution in [1.82, 2.24) is 4.31 Å². The summed E-state index contributed by atoms with van der Waals surface area (Å²) in [5.74, 6) is -1.19. The van der Waals surface area contributed by atoms with Gasteiger partial charge in [-0.2, -0.15) is 8.70 Å². The molecule has 1 aliphatic heterocycles. The molecule has 2 rings (SSSR count). The summed E-state index contributed by atoms with van der Waals surface area (Å²) in [4.78, 5) is 9.30. The molecule has 1 fully saturated rings. The van der Waals surface area contributed by atoms with Crippen LogP contribution in [0.1, 0.15) is 0 Å². The van der Waals surface area contributed by atoms with E-state index in [1.165, 1.54) is 0 Å². The summed E-state index contributed by atoms with van der Waals surface area (Å²) in [5, 5.41) is 10.5. The lowest BCUT2D eigenvalue weighted by atomic mass is 10.3. The van der Waals surface area contributed by atoms with Crippen LogP contribution in [0.5, 0.6) is 0 Å². The number of hydrogen-bond donors (Lipinski definition) is 1. The van der Waals surface area contributed by atoms with E-state index in [9.17, 15) is 22.9 Å². The van der Waals surface area contributed by atoms with Crippen LogP contribution >= 0.6 is 0 Å². The van der Waals surface area contributed by atoms with E-state index in [1.54, 1.807) is 0 Å². The molecule has 0 radical (unpaired) electrons. The van der Waals surface area contributed by atoms with Crippen LogP contribution in [0.15, 0.2) is 23.1 Å². The van der Waals surface area contributed by atoms with Crippen LogP contribution in [0, 0.1) is 15.9 Å². The molecule has 116 valence electrons. The smallest absolute Gasteiger partial charge is 0.304 e. The summed E-state index contributed by atoms with van der Waals surface area (Å²) in [7, 11) is -3.93. The highest BCUT2D eigenvalue weighted by Gasteiger charge is 2.31. The molecule has 0 aliphatic carbocycles. The number of hydrogen-bond acceptors (Lipinski definition) is 6. The number of benzene rings is 1. The number of nitrogens with two attached hydrogens (primary N) is 1. The highest BCUT2D eigenvalue weighted by atomic mass is 32.2. The number of nitro benzene ring substituents is 1. The van der Waals surface area contributed by atoms with Crippen molar-refractivity contribution in [2.75, 3.05) is 26.2 Å². The maximum Gasteiger partial charge on any atom is 0.304 e. The Morgan fingerprint density at radius 1 is 1.52 bits per heavy atom. The second-order valence-electron chi connectivity index (χ2n) is 4.46. The molecular weight excluding hydrogens is 305 g/mol. The standard InChI is InChI=1S/C11H14FN3O5S/c12-10-5-9(1-2-11(10)15(16)17)21(18,19)14-3-4-20-8(6-13)7-14/h1-2,5,8H,3-4,6-7,13H2. The van der Waals surface area contributed by atoms with Crippen molar-refractivity contribution in [3.05, 3.63) is 34.1 Å². The predicted octanol–water partition coefficient (Wildman–Crippen LogP) is 0.0821. The normalized spacial score (nSPS) is 20.4. The molecule has 1 aliphatic rings. The van der Waals surface area contributed by atoms with Crippen molar-refractivity contribution in [2.24, 2.45) is 5.73 Å². The van der Waals surface area contributed by atoms with E-state index in [2.05, 4.69) is 0 Å². The van der Waals surface area contributed by atoms with E-state index in [0.29, 0.717) is 6.07 Å². The molecule has 8 nitrogen and oxygen atoms in total. The van der Waals surface area contributed by atoms with Crippen molar-refractivity contribution in [1.29, 1.82) is 0 Å². The van der Waals surface area contributed by atoms with E-state index in [1.807, 2.05) is 0 Å². The lowest BCUT2D eigenvalue weighted by Crippen LogP contribution is -2.48. The fourth-order valence-electron chi connectivity index (χ4n) is 2.00. The van der Waals surface area contributed by atoms with E-state index in [-0.39, 0.29) is 31.1 Å². The lowest BCUT2D eigenvalue weighted by Gasteiger charge is -2.31. The van der Waals surface area contributed by atoms with Gasteiger partial charge in [-0.3, -0.25) is 10.1 Å². The SMILES string of the molecule is NCC1CN(S(=O)(=O)c2ccc([N+](=O)[O-])c(F)c2)CCO1. The fraction of sp³-hybridized carbons (Fsp3) is 0.455. The van der Waals surface area contributed by atoms with Crippen molar-refractivity contribution >= 4 is 15.7 Å². The van der Waals surface area contributed by atoms with E-state index in [4.69, 9.17) is 10.5 Å². The predicted molar refractivity (Wildman–Crippen MR) is 70.6 cm³/mol. The number of sulfonamides is 1. The van der Waals surface area contributed by atoms with Gasteiger partial charge < -0.3 is 10.5 Å². The van der Waals surface area contributed by atoms with Crippen LogP contribution in [0.4, 0.5) is 10.1 Å². The van der Waals surface area contributed by atoms with E-state index in [0.717, 1.165) is 16.4 Å². The summed E-state index contributed by atoms with van der Waals surface area (Å²) < 4.78 is 44.7. The molecular formula is C11H14FN3O5S. The molecule has 10 heteroatoms. The van der Waals surface area contributed by atoms with E-state index < -0.39 is 32.6 Å². The van der Waals surface area contributed by atoms with Crippen LogP contribution in [0.25, 0.3) is 0 Å². The second-order valence-corrected chi connectivity index (χ2v) is 6.40.